The quantitative estimate of drug-likeness (QED) is 0.573. The predicted molar refractivity (Wildman–Crippen MR) is 54.9 cm³/mol. The Morgan fingerprint density at radius 3 is 3.07 bits per heavy atom. The van der Waals surface area contributed by atoms with E-state index in [1.54, 1.807) is 11.3 Å². The molecule has 0 radical (unpaired) electrons. The van der Waals surface area contributed by atoms with Gasteiger partial charge in [-0.3, -0.25) is 5.84 Å². The van der Waals surface area contributed by atoms with E-state index in [1.165, 1.54) is 4.88 Å². The molecule has 0 saturated carbocycles. The largest absolute Gasteiger partial charge is 0.376 e. The van der Waals surface area contributed by atoms with Gasteiger partial charge >= 0.3 is 0 Å². The third kappa shape index (κ3) is 2.13. The molecule has 3 N–H and O–H groups in total. The molecule has 78 valence electrons. The van der Waals surface area contributed by atoms with E-state index in [-0.39, 0.29) is 12.1 Å². The highest BCUT2D eigenvalue weighted by atomic mass is 32.1. The molecule has 1 aromatic rings. The molecular formula is C9H14N2O2S. The molecule has 0 aromatic carbocycles. The Hall–Kier alpha value is -0.460. The molecule has 1 aromatic heterocycles. The molecule has 1 fully saturated rings. The minimum atomic E-state index is 0.0207. The molecule has 2 heterocycles. The summed E-state index contributed by atoms with van der Waals surface area (Å²) in [4.78, 5) is 1.18. The van der Waals surface area contributed by atoms with E-state index in [0.717, 1.165) is 0 Å². The summed E-state index contributed by atoms with van der Waals surface area (Å²) in [6.45, 7) is 1.93. The number of hydrogen-bond acceptors (Lipinski definition) is 5. The maximum absolute atomic E-state index is 5.59. The lowest BCUT2D eigenvalue weighted by Crippen LogP contribution is -2.42. The highest BCUT2D eigenvalue weighted by Gasteiger charge is 2.26. The van der Waals surface area contributed by atoms with Gasteiger partial charge in [0.25, 0.3) is 0 Å². The van der Waals surface area contributed by atoms with Gasteiger partial charge in [0.2, 0.25) is 0 Å². The summed E-state index contributed by atoms with van der Waals surface area (Å²) in [5.74, 6) is 5.52. The fourth-order valence-electron chi connectivity index (χ4n) is 1.54. The summed E-state index contributed by atoms with van der Waals surface area (Å²) in [7, 11) is 0. The van der Waals surface area contributed by atoms with E-state index in [9.17, 15) is 0 Å². The van der Waals surface area contributed by atoms with Gasteiger partial charge in [-0.05, 0) is 11.4 Å². The normalized spacial score (nSPS) is 24.8. The topological polar surface area (TPSA) is 56.5 Å². The number of hydrogen-bond donors (Lipinski definition) is 2. The summed E-state index contributed by atoms with van der Waals surface area (Å²) >= 11 is 1.67. The summed E-state index contributed by atoms with van der Waals surface area (Å²) in [5.41, 5.74) is 2.78. The lowest BCUT2D eigenvalue weighted by atomic mass is 10.1. The summed E-state index contributed by atoms with van der Waals surface area (Å²) in [5, 5.41) is 2.03. The molecule has 1 aliphatic rings. The first-order valence-corrected chi connectivity index (χ1v) is 5.48. The van der Waals surface area contributed by atoms with Crippen LogP contribution in [0, 0.1) is 0 Å². The lowest BCUT2D eigenvalue weighted by molar-refractivity contribution is -0.102. The van der Waals surface area contributed by atoms with Gasteiger partial charge in [0.15, 0.2) is 0 Å². The lowest BCUT2D eigenvalue weighted by Gasteiger charge is -2.29. The highest BCUT2D eigenvalue weighted by molar-refractivity contribution is 7.10. The van der Waals surface area contributed by atoms with Crippen molar-refractivity contribution in [1.29, 1.82) is 0 Å². The van der Waals surface area contributed by atoms with Crippen LogP contribution in [0.1, 0.15) is 10.9 Å². The number of nitrogens with two attached hydrogens (primary N) is 1. The third-order valence-electron chi connectivity index (χ3n) is 2.24. The van der Waals surface area contributed by atoms with Crippen molar-refractivity contribution < 1.29 is 9.47 Å². The Labute approximate surface area is 87.0 Å². The predicted octanol–water partition coefficient (Wildman–Crippen LogP) is 0.668. The van der Waals surface area contributed by atoms with Crippen LogP contribution in [0.4, 0.5) is 0 Å². The van der Waals surface area contributed by atoms with Crippen molar-refractivity contribution in [2.75, 3.05) is 19.8 Å². The molecular weight excluding hydrogens is 200 g/mol. The van der Waals surface area contributed by atoms with Crippen LogP contribution in [0.25, 0.3) is 0 Å². The van der Waals surface area contributed by atoms with Gasteiger partial charge in [-0.15, -0.1) is 11.3 Å². The first-order valence-electron chi connectivity index (χ1n) is 4.60. The number of rotatable bonds is 3. The van der Waals surface area contributed by atoms with Gasteiger partial charge in [-0.1, -0.05) is 6.07 Å². The maximum atomic E-state index is 5.59. The number of nitrogens with one attached hydrogen (secondary N) is 1. The monoisotopic (exact) mass is 214 g/mol. The Morgan fingerprint density at radius 2 is 2.50 bits per heavy atom. The Morgan fingerprint density at radius 1 is 1.57 bits per heavy atom. The first-order chi connectivity index (χ1) is 6.92. The minimum absolute atomic E-state index is 0.0207. The second-order valence-corrected chi connectivity index (χ2v) is 4.12. The second-order valence-electron chi connectivity index (χ2n) is 3.14. The van der Waals surface area contributed by atoms with Gasteiger partial charge in [-0.25, -0.2) is 5.43 Å². The van der Waals surface area contributed by atoms with Crippen LogP contribution in [0.3, 0.4) is 0 Å². The van der Waals surface area contributed by atoms with E-state index in [4.69, 9.17) is 15.3 Å². The Kier molecular flexibility index (Phi) is 3.49. The van der Waals surface area contributed by atoms with Crippen LogP contribution in [0.15, 0.2) is 17.5 Å². The Balaban J connectivity index is 2.04. The summed E-state index contributed by atoms with van der Waals surface area (Å²) in [6, 6.07) is 4.09. The van der Waals surface area contributed by atoms with Crippen molar-refractivity contribution in [1.82, 2.24) is 5.43 Å². The standard InChI is InChI=1S/C9H14N2O2S/c10-11-9(8-2-1-5-14-8)7-6-12-3-4-13-7/h1-2,5,7,9,11H,3-4,6,10H2. The molecule has 4 nitrogen and oxygen atoms in total. The van der Waals surface area contributed by atoms with Crippen LogP contribution in [-0.2, 0) is 9.47 Å². The maximum Gasteiger partial charge on any atom is 0.102 e. The van der Waals surface area contributed by atoms with E-state index in [1.807, 2.05) is 17.5 Å². The SMILES string of the molecule is NNC(c1cccs1)C1COCCO1. The number of ether oxygens (including phenoxy) is 2. The minimum Gasteiger partial charge on any atom is -0.376 e. The van der Waals surface area contributed by atoms with Crippen LogP contribution in [0.5, 0.6) is 0 Å². The summed E-state index contributed by atoms with van der Waals surface area (Å²) < 4.78 is 10.9. The van der Waals surface area contributed by atoms with Crippen molar-refractivity contribution in [2.45, 2.75) is 12.1 Å². The van der Waals surface area contributed by atoms with E-state index >= 15 is 0 Å². The second kappa shape index (κ2) is 4.86. The average molecular weight is 214 g/mol. The van der Waals surface area contributed by atoms with Gasteiger partial charge in [-0.2, -0.15) is 0 Å². The molecule has 0 aliphatic carbocycles. The van der Waals surface area contributed by atoms with Gasteiger partial charge in [0.05, 0.1) is 25.9 Å². The fraction of sp³-hybridized carbons (Fsp3) is 0.556. The number of thiophene rings is 1. The third-order valence-corrected chi connectivity index (χ3v) is 3.20. The van der Waals surface area contributed by atoms with Crippen molar-refractivity contribution in [3.05, 3.63) is 22.4 Å². The molecule has 2 atom stereocenters. The van der Waals surface area contributed by atoms with Crippen molar-refractivity contribution >= 4 is 11.3 Å². The zero-order valence-corrected chi connectivity index (χ0v) is 8.63. The van der Waals surface area contributed by atoms with Crippen LogP contribution in [-0.4, -0.2) is 25.9 Å². The van der Waals surface area contributed by atoms with E-state index < -0.39 is 0 Å². The molecule has 0 spiro atoms. The smallest absolute Gasteiger partial charge is 0.102 e. The van der Waals surface area contributed by atoms with Crippen LogP contribution in [0.2, 0.25) is 0 Å². The molecule has 2 unspecified atom stereocenters. The molecule has 1 saturated heterocycles. The van der Waals surface area contributed by atoms with Crippen molar-refractivity contribution in [2.24, 2.45) is 5.84 Å². The van der Waals surface area contributed by atoms with Crippen molar-refractivity contribution in [3.8, 4) is 0 Å². The Bertz CT molecular complexity index is 260. The molecule has 2 rings (SSSR count). The average Bonchev–Trinajstić information content (AvgIpc) is 2.74. The highest BCUT2D eigenvalue weighted by Crippen LogP contribution is 2.24. The van der Waals surface area contributed by atoms with E-state index in [2.05, 4.69) is 5.43 Å². The van der Waals surface area contributed by atoms with Crippen molar-refractivity contribution in [3.63, 3.8) is 0 Å². The van der Waals surface area contributed by atoms with Gasteiger partial charge in [0.1, 0.15) is 6.10 Å². The number of hydrazine groups is 1. The molecule has 0 bridgehead atoms. The van der Waals surface area contributed by atoms with Gasteiger partial charge < -0.3 is 9.47 Å². The van der Waals surface area contributed by atoms with Crippen LogP contribution >= 0.6 is 11.3 Å². The van der Waals surface area contributed by atoms with Gasteiger partial charge in [0, 0.05) is 4.88 Å². The zero-order chi connectivity index (χ0) is 9.80. The zero-order valence-electron chi connectivity index (χ0n) is 7.81. The first kappa shape index (κ1) is 10.1. The summed E-state index contributed by atoms with van der Waals surface area (Å²) in [6.07, 6.45) is 0.0207. The molecule has 14 heavy (non-hydrogen) atoms. The molecule has 0 amide bonds. The molecule has 5 heteroatoms. The fourth-order valence-corrected chi connectivity index (χ4v) is 2.38. The van der Waals surface area contributed by atoms with Crippen LogP contribution < -0.4 is 11.3 Å². The molecule has 1 aliphatic heterocycles. The van der Waals surface area contributed by atoms with E-state index in [0.29, 0.717) is 19.8 Å².